The number of nitrogens with one attached hydrogen (secondary N) is 2. The highest BCUT2D eigenvalue weighted by Crippen LogP contribution is 2.26. The van der Waals surface area contributed by atoms with E-state index in [4.69, 9.17) is 4.74 Å². The molecule has 2 N–H and O–H groups in total. The van der Waals surface area contributed by atoms with Crippen molar-refractivity contribution >= 4 is 5.91 Å². The Morgan fingerprint density at radius 1 is 1.47 bits per heavy atom. The van der Waals surface area contributed by atoms with E-state index in [1.54, 1.807) is 7.11 Å². The average molecular weight is 214 g/mol. The van der Waals surface area contributed by atoms with Crippen LogP contribution in [0, 0.1) is 5.41 Å². The minimum atomic E-state index is 0.0941. The lowest BCUT2D eigenvalue weighted by molar-refractivity contribution is -0.122. The molecule has 0 radical (unpaired) electrons. The zero-order valence-electron chi connectivity index (χ0n) is 9.77. The molecule has 1 amide bonds. The number of amides is 1. The van der Waals surface area contributed by atoms with E-state index in [-0.39, 0.29) is 11.3 Å². The average Bonchev–Trinajstić information content (AvgIpc) is 2.25. The molecular formula is C11H22N2O2. The van der Waals surface area contributed by atoms with Crippen molar-refractivity contribution in [1.82, 2.24) is 10.6 Å². The van der Waals surface area contributed by atoms with Crippen LogP contribution in [0.3, 0.4) is 0 Å². The third kappa shape index (κ3) is 4.62. The summed E-state index contributed by atoms with van der Waals surface area (Å²) in [6, 6.07) is 0. The summed E-state index contributed by atoms with van der Waals surface area (Å²) in [5.41, 5.74) is 0.272. The van der Waals surface area contributed by atoms with Crippen LogP contribution >= 0.6 is 0 Å². The van der Waals surface area contributed by atoms with E-state index in [1.807, 2.05) is 0 Å². The first-order valence-electron chi connectivity index (χ1n) is 5.63. The van der Waals surface area contributed by atoms with Gasteiger partial charge in [0.05, 0.1) is 6.61 Å². The van der Waals surface area contributed by atoms with Crippen molar-refractivity contribution in [3.8, 4) is 0 Å². The third-order valence-electron chi connectivity index (χ3n) is 3.06. The molecule has 0 bridgehead atoms. The Hall–Kier alpha value is -0.610. The van der Waals surface area contributed by atoms with Gasteiger partial charge in [0.1, 0.15) is 0 Å². The van der Waals surface area contributed by atoms with Gasteiger partial charge < -0.3 is 15.4 Å². The summed E-state index contributed by atoms with van der Waals surface area (Å²) in [4.78, 5) is 11.4. The van der Waals surface area contributed by atoms with Gasteiger partial charge in [-0.1, -0.05) is 6.92 Å². The van der Waals surface area contributed by atoms with Crippen LogP contribution in [0.15, 0.2) is 0 Å². The number of hydrogen-bond donors (Lipinski definition) is 2. The minimum absolute atomic E-state index is 0.0941. The number of carbonyl (C=O) groups is 1. The van der Waals surface area contributed by atoms with Gasteiger partial charge in [-0.3, -0.25) is 4.79 Å². The molecule has 1 aliphatic rings. The molecule has 0 saturated carbocycles. The van der Waals surface area contributed by atoms with Crippen molar-refractivity contribution < 1.29 is 9.53 Å². The number of piperidine rings is 1. The van der Waals surface area contributed by atoms with E-state index in [1.165, 1.54) is 0 Å². The highest BCUT2D eigenvalue weighted by molar-refractivity contribution is 5.75. The van der Waals surface area contributed by atoms with Crippen LogP contribution in [0.5, 0.6) is 0 Å². The fraction of sp³-hybridized carbons (Fsp3) is 0.909. The van der Waals surface area contributed by atoms with Crippen LogP contribution in [0.2, 0.25) is 0 Å². The molecule has 0 aromatic rings. The van der Waals surface area contributed by atoms with Crippen molar-refractivity contribution in [2.24, 2.45) is 5.41 Å². The summed E-state index contributed by atoms with van der Waals surface area (Å²) >= 11 is 0. The van der Waals surface area contributed by atoms with Gasteiger partial charge >= 0.3 is 0 Å². The van der Waals surface area contributed by atoms with Crippen LogP contribution in [-0.4, -0.2) is 39.3 Å². The molecule has 4 heteroatoms. The van der Waals surface area contributed by atoms with Crippen molar-refractivity contribution in [2.75, 3.05) is 33.4 Å². The van der Waals surface area contributed by atoms with E-state index in [0.717, 1.165) is 32.5 Å². The van der Waals surface area contributed by atoms with Gasteiger partial charge in [0.25, 0.3) is 0 Å². The highest BCUT2D eigenvalue weighted by Gasteiger charge is 2.26. The molecule has 0 spiro atoms. The first-order chi connectivity index (χ1) is 7.16. The zero-order valence-corrected chi connectivity index (χ0v) is 9.77. The maximum absolute atomic E-state index is 11.4. The number of ether oxygens (including phenoxy) is 1. The Morgan fingerprint density at radius 2 is 2.13 bits per heavy atom. The molecule has 0 aromatic carbocycles. The molecule has 0 aromatic heterocycles. The Morgan fingerprint density at radius 3 is 2.73 bits per heavy atom. The summed E-state index contributed by atoms with van der Waals surface area (Å²) < 4.78 is 4.86. The molecule has 15 heavy (non-hydrogen) atoms. The lowest BCUT2D eigenvalue weighted by atomic mass is 9.81. The SMILES string of the molecule is COCCC(=O)NCC1(C)CCNCC1. The Labute approximate surface area is 91.8 Å². The number of rotatable bonds is 5. The predicted octanol–water partition coefficient (Wildman–Crippen LogP) is 0.529. The maximum Gasteiger partial charge on any atom is 0.222 e. The molecule has 1 aliphatic heterocycles. The quantitative estimate of drug-likeness (QED) is 0.702. The summed E-state index contributed by atoms with van der Waals surface area (Å²) in [7, 11) is 1.61. The molecule has 0 aliphatic carbocycles. The van der Waals surface area contributed by atoms with Crippen molar-refractivity contribution in [3.63, 3.8) is 0 Å². The van der Waals surface area contributed by atoms with Gasteiger partial charge in [-0.15, -0.1) is 0 Å². The number of carbonyl (C=O) groups excluding carboxylic acids is 1. The lowest BCUT2D eigenvalue weighted by Crippen LogP contribution is -2.43. The molecule has 0 unspecified atom stereocenters. The van der Waals surface area contributed by atoms with Crippen LogP contribution in [-0.2, 0) is 9.53 Å². The molecule has 88 valence electrons. The van der Waals surface area contributed by atoms with Crippen molar-refractivity contribution in [3.05, 3.63) is 0 Å². The lowest BCUT2D eigenvalue weighted by Gasteiger charge is -2.34. The van der Waals surface area contributed by atoms with E-state index in [9.17, 15) is 4.79 Å². The van der Waals surface area contributed by atoms with E-state index < -0.39 is 0 Å². The predicted molar refractivity (Wildman–Crippen MR) is 59.7 cm³/mol. The van der Waals surface area contributed by atoms with E-state index in [0.29, 0.717) is 13.0 Å². The molecule has 1 rings (SSSR count). The maximum atomic E-state index is 11.4. The summed E-state index contributed by atoms with van der Waals surface area (Å²) in [6.45, 7) is 5.65. The number of methoxy groups -OCH3 is 1. The Balaban J connectivity index is 2.19. The van der Waals surface area contributed by atoms with Gasteiger partial charge in [-0.2, -0.15) is 0 Å². The van der Waals surface area contributed by atoms with Gasteiger partial charge in [0.2, 0.25) is 5.91 Å². The molecule has 4 nitrogen and oxygen atoms in total. The van der Waals surface area contributed by atoms with Gasteiger partial charge in [-0.25, -0.2) is 0 Å². The molecular weight excluding hydrogens is 192 g/mol. The van der Waals surface area contributed by atoms with E-state index >= 15 is 0 Å². The monoisotopic (exact) mass is 214 g/mol. The first-order valence-corrected chi connectivity index (χ1v) is 5.63. The summed E-state index contributed by atoms with van der Waals surface area (Å²) in [5, 5.41) is 6.31. The second kappa shape index (κ2) is 6.08. The molecule has 0 atom stereocenters. The Kier molecular flexibility index (Phi) is 5.05. The Bertz CT molecular complexity index is 201. The van der Waals surface area contributed by atoms with Crippen molar-refractivity contribution in [1.29, 1.82) is 0 Å². The minimum Gasteiger partial charge on any atom is -0.384 e. The van der Waals surface area contributed by atoms with E-state index in [2.05, 4.69) is 17.6 Å². The fourth-order valence-corrected chi connectivity index (χ4v) is 1.80. The van der Waals surface area contributed by atoms with Crippen LogP contribution < -0.4 is 10.6 Å². The standard InChI is InChI=1S/C11H22N2O2/c1-11(4-6-12-7-5-11)9-13-10(14)3-8-15-2/h12H,3-9H2,1-2H3,(H,13,14). The second-order valence-corrected chi connectivity index (χ2v) is 4.58. The first kappa shape index (κ1) is 12.5. The molecule has 1 fully saturated rings. The third-order valence-corrected chi connectivity index (χ3v) is 3.06. The smallest absolute Gasteiger partial charge is 0.222 e. The molecule has 1 heterocycles. The normalized spacial score (nSPS) is 19.9. The topological polar surface area (TPSA) is 50.4 Å². The van der Waals surface area contributed by atoms with Crippen LogP contribution in [0.25, 0.3) is 0 Å². The summed E-state index contributed by atoms with van der Waals surface area (Å²) in [6.07, 6.45) is 2.74. The fourth-order valence-electron chi connectivity index (χ4n) is 1.80. The van der Waals surface area contributed by atoms with Crippen molar-refractivity contribution in [2.45, 2.75) is 26.2 Å². The number of hydrogen-bond acceptors (Lipinski definition) is 3. The largest absolute Gasteiger partial charge is 0.384 e. The van der Waals surface area contributed by atoms with Gasteiger partial charge in [0, 0.05) is 20.1 Å². The zero-order chi connectivity index (χ0) is 11.1. The second-order valence-electron chi connectivity index (χ2n) is 4.58. The molecule has 1 saturated heterocycles. The van der Waals surface area contributed by atoms with Crippen LogP contribution in [0.4, 0.5) is 0 Å². The summed E-state index contributed by atoms with van der Waals surface area (Å²) in [5.74, 6) is 0.0941. The highest BCUT2D eigenvalue weighted by atomic mass is 16.5. The van der Waals surface area contributed by atoms with Gasteiger partial charge in [0.15, 0.2) is 0 Å². The van der Waals surface area contributed by atoms with Gasteiger partial charge in [-0.05, 0) is 31.3 Å². The van der Waals surface area contributed by atoms with Crippen LogP contribution in [0.1, 0.15) is 26.2 Å².